The maximum atomic E-state index is 11.7. The van der Waals surface area contributed by atoms with E-state index in [2.05, 4.69) is 55.5 Å². The minimum absolute atomic E-state index is 0.170. The second-order valence-corrected chi connectivity index (χ2v) is 6.76. The van der Waals surface area contributed by atoms with E-state index in [4.69, 9.17) is 9.47 Å². The van der Waals surface area contributed by atoms with Crippen molar-refractivity contribution < 1.29 is 14.3 Å². The van der Waals surface area contributed by atoms with Crippen LogP contribution < -0.4 is 0 Å². The van der Waals surface area contributed by atoms with E-state index in [0.717, 1.165) is 32.1 Å². The van der Waals surface area contributed by atoms with E-state index in [1.54, 1.807) is 0 Å². The Hall–Kier alpha value is -1.61. The Balaban J connectivity index is 3.58. The van der Waals surface area contributed by atoms with Crippen molar-refractivity contribution in [3.8, 4) is 0 Å². The first-order valence-electron chi connectivity index (χ1n) is 11.2. The summed E-state index contributed by atoms with van der Waals surface area (Å²) in [7, 11) is 0. The molecule has 0 aromatic carbocycles. The lowest BCUT2D eigenvalue weighted by Crippen LogP contribution is -2.20. The standard InChI is InChI=1S/C25H42O3/c1-4-7-8-9-10-11-12-13-14-15-16-17-18-19-20-21-22-23-24(26)28-25(5-2)27-6-3/h10-11,13-14,16-17,19-20,25H,4-9,12,15,18,21-23H2,1-3H3. The molecular formula is C25H42O3. The van der Waals surface area contributed by atoms with E-state index in [0.29, 0.717) is 19.4 Å². The van der Waals surface area contributed by atoms with Gasteiger partial charge in [-0.1, -0.05) is 75.3 Å². The second kappa shape index (κ2) is 21.7. The van der Waals surface area contributed by atoms with Gasteiger partial charge in [0, 0.05) is 19.4 Å². The molecule has 28 heavy (non-hydrogen) atoms. The Morgan fingerprint density at radius 1 is 0.750 bits per heavy atom. The Kier molecular flexibility index (Phi) is 20.4. The van der Waals surface area contributed by atoms with Gasteiger partial charge < -0.3 is 9.47 Å². The smallest absolute Gasteiger partial charge is 0.308 e. The van der Waals surface area contributed by atoms with E-state index in [-0.39, 0.29) is 5.97 Å². The van der Waals surface area contributed by atoms with E-state index in [1.807, 2.05) is 13.8 Å². The molecule has 1 atom stereocenters. The number of unbranched alkanes of at least 4 members (excludes halogenated alkanes) is 4. The van der Waals surface area contributed by atoms with E-state index in [9.17, 15) is 4.79 Å². The summed E-state index contributed by atoms with van der Waals surface area (Å²) in [6.45, 7) is 6.65. The third-order valence-electron chi connectivity index (χ3n) is 4.16. The highest BCUT2D eigenvalue weighted by Gasteiger charge is 2.11. The van der Waals surface area contributed by atoms with Crippen LogP contribution in [0.5, 0.6) is 0 Å². The summed E-state index contributed by atoms with van der Waals surface area (Å²) >= 11 is 0. The summed E-state index contributed by atoms with van der Waals surface area (Å²) in [6.07, 6.45) is 28.2. The molecule has 0 saturated heterocycles. The Bertz CT molecular complexity index is 460. The molecule has 3 nitrogen and oxygen atoms in total. The maximum Gasteiger partial charge on any atom is 0.308 e. The number of allylic oxidation sites excluding steroid dienone is 8. The second-order valence-electron chi connectivity index (χ2n) is 6.76. The van der Waals surface area contributed by atoms with Crippen LogP contribution in [0.3, 0.4) is 0 Å². The van der Waals surface area contributed by atoms with Crippen LogP contribution in [0.4, 0.5) is 0 Å². The molecule has 0 bridgehead atoms. The lowest BCUT2D eigenvalue weighted by Gasteiger charge is -2.15. The van der Waals surface area contributed by atoms with Crippen molar-refractivity contribution >= 4 is 5.97 Å². The van der Waals surface area contributed by atoms with Crippen molar-refractivity contribution in [1.82, 2.24) is 0 Å². The molecule has 0 rings (SSSR count). The average molecular weight is 391 g/mol. The molecule has 160 valence electrons. The molecule has 0 aliphatic carbocycles. The van der Waals surface area contributed by atoms with Gasteiger partial charge in [-0.2, -0.15) is 0 Å². The first-order chi connectivity index (χ1) is 13.7. The highest BCUT2D eigenvalue weighted by molar-refractivity contribution is 5.69. The molecule has 0 spiro atoms. The first-order valence-corrected chi connectivity index (χ1v) is 11.2. The summed E-state index contributed by atoms with van der Waals surface area (Å²) in [5, 5.41) is 0. The van der Waals surface area contributed by atoms with Crippen LogP contribution in [0.25, 0.3) is 0 Å². The highest BCUT2D eigenvalue weighted by atomic mass is 16.7. The summed E-state index contributed by atoms with van der Waals surface area (Å²) in [4.78, 5) is 11.7. The molecule has 1 unspecified atom stereocenters. The molecule has 3 heteroatoms. The molecular weight excluding hydrogens is 348 g/mol. The van der Waals surface area contributed by atoms with Crippen LogP contribution in [-0.4, -0.2) is 18.9 Å². The molecule has 0 aromatic rings. The predicted molar refractivity (Wildman–Crippen MR) is 120 cm³/mol. The van der Waals surface area contributed by atoms with Gasteiger partial charge in [0.25, 0.3) is 0 Å². The minimum Gasteiger partial charge on any atom is -0.436 e. The molecule has 0 N–H and O–H groups in total. The predicted octanol–water partition coefficient (Wildman–Crippen LogP) is 7.45. The summed E-state index contributed by atoms with van der Waals surface area (Å²) in [5.74, 6) is -0.170. The van der Waals surface area contributed by atoms with Gasteiger partial charge in [0.2, 0.25) is 6.29 Å². The first kappa shape index (κ1) is 26.4. The quantitative estimate of drug-likeness (QED) is 0.105. The Morgan fingerprint density at radius 2 is 1.29 bits per heavy atom. The molecule has 0 heterocycles. The van der Waals surface area contributed by atoms with Crippen molar-refractivity contribution in [2.45, 2.75) is 97.7 Å². The van der Waals surface area contributed by atoms with E-state index in [1.165, 1.54) is 25.7 Å². The number of esters is 1. The number of ether oxygens (including phenoxy) is 2. The average Bonchev–Trinajstić information content (AvgIpc) is 2.70. The lowest BCUT2D eigenvalue weighted by molar-refractivity contribution is -0.178. The number of rotatable bonds is 18. The Morgan fingerprint density at radius 3 is 1.79 bits per heavy atom. The lowest BCUT2D eigenvalue weighted by atomic mass is 10.2. The van der Waals surface area contributed by atoms with Crippen molar-refractivity contribution in [2.75, 3.05) is 6.61 Å². The molecule has 0 aliphatic heterocycles. The molecule has 0 fully saturated rings. The van der Waals surface area contributed by atoms with E-state index < -0.39 is 6.29 Å². The van der Waals surface area contributed by atoms with Crippen molar-refractivity contribution in [3.63, 3.8) is 0 Å². The van der Waals surface area contributed by atoms with E-state index >= 15 is 0 Å². The number of hydrogen-bond donors (Lipinski definition) is 0. The maximum absolute atomic E-state index is 11.7. The third kappa shape index (κ3) is 19.2. The Labute approximate surface area is 173 Å². The highest BCUT2D eigenvalue weighted by Crippen LogP contribution is 2.06. The van der Waals surface area contributed by atoms with Gasteiger partial charge >= 0.3 is 5.97 Å². The zero-order valence-electron chi connectivity index (χ0n) is 18.4. The van der Waals surface area contributed by atoms with Crippen molar-refractivity contribution in [1.29, 1.82) is 0 Å². The zero-order chi connectivity index (χ0) is 20.7. The summed E-state index contributed by atoms with van der Waals surface area (Å²) in [5.41, 5.74) is 0. The van der Waals surface area contributed by atoms with Crippen molar-refractivity contribution in [3.05, 3.63) is 48.6 Å². The van der Waals surface area contributed by atoms with Crippen LogP contribution in [0, 0.1) is 0 Å². The number of carbonyl (C=O) groups excluding carboxylic acids is 1. The fraction of sp³-hybridized carbons (Fsp3) is 0.640. The van der Waals surface area contributed by atoms with Crippen LogP contribution >= 0.6 is 0 Å². The zero-order valence-corrected chi connectivity index (χ0v) is 18.4. The molecule has 0 aliphatic rings. The van der Waals surface area contributed by atoms with Gasteiger partial charge in [0.1, 0.15) is 0 Å². The van der Waals surface area contributed by atoms with Crippen LogP contribution in [-0.2, 0) is 14.3 Å². The number of carbonyl (C=O) groups is 1. The van der Waals surface area contributed by atoms with Crippen LogP contribution in [0.1, 0.15) is 91.4 Å². The summed E-state index contributed by atoms with van der Waals surface area (Å²) < 4.78 is 10.6. The van der Waals surface area contributed by atoms with Gasteiger partial charge in [0.15, 0.2) is 0 Å². The molecule has 0 radical (unpaired) electrons. The van der Waals surface area contributed by atoms with Gasteiger partial charge in [-0.15, -0.1) is 0 Å². The van der Waals surface area contributed by atoms with Gasteiger partial charge in [-0.25, -0.2) is 0 Å². The van der Waals surface area contributed by atoms with Gasteiger partial charge in [0.05, 0.1) is 0 Å². The topological polar surface area (TPSA) is 35.5 Å². The number of hydrogen-bond acceptors (Lipinski definition) is 3. The SMILES string of the molecule is CCCCCC=CCC=CCC=CCC=CCCCC(=O)OC(CC)OCC. The van der Waals surface area contributed by atoms with Gasteiger partial charge in [-0.3, -0.25) is 4.79 Å². The van der Waals surface area contributed by atoms with Gasteiger partial charge in [-0.05, 0) is 51.9 Å². The van der Waals surface area contributed by atoms with Crippen LogP contribution in [0.2, 0.25) is 0 Å². The molecule has 0 amide bonds. The monoisotopic (exact) mass is 390 g/mol. The van der Waals surface area contributed by atoms with Crippen molar-refractivity contribution in [2.24, 2.45) is 0 Å². The largest absolute Gasteiger partial charge is 0.436 e. The fourth-order valence-electron chi connectivity index (χ4n) is 2.55. The third-order valence-corrected chi connectivity index (χ3v) is 4.16. The fourth-order valence-corrected chi connectivity index (χ4v) is 2.55. The van der Waals surface area contributed by atoms with Crippen LogP contribution in [0.15, 0.2) is 48.6 Å². The summed E-state index contributed by atoms with van der Waals surface area (Å²) in [6, 6.07) is 0. The molecule has 0 saturated carbocycles. The molecule has 0 aromatic heterocycles. The normalized spacial score (nSPS) is 13.4. The minimum atomic E-state index is -0.394.